The first-order valence-electron chi connectivity index (χ1n) is 7.56. The molecule has 3 nitrogen and oxygen atoms in total. The van der Waals surface area contributed by atoms with Crippen LogP contribution < -0.4 is 10.6 Å². The molecule has 0 saturated carbocycles. The number of aryl methyl sites for hydroxylation is 1. The van der Waals surface area contributed by atoms with Crippen LogP contribution in [-0.2, 0) is 0 Å². The predicted molar refractivity (Wildman–Crippen MR) is 85.1 cm³/mol. The molecule has 1 fully saturated rings. The fraction of sp³-hybridized carbons (Fsp3) is 0.471. The second-order valence-electron chi connectivity index (χ2n) is 5.89. The van der Waals surface area contributed by atoms with E-state index < -0.39 is 0 Å². The molecule has 0 radical (unpaired) electrons. The molecule has 2 N–H and O–H groups in total. The molecule has 2 aromatic rings. The fourth-order valence-corrected chi connectivity index (χ4v) is 3.21. The lowest BCUT2D eigenvalue weighted by atomic mass is 9.90. The van der Waals surface area contributed by atoms with Gasteiger partial charge in [-0.1, -0.05) is 31.5 Å². The Morgan fingerprint density at radius 1 is 1.35 bits per heavy atom. The number of hydrogen-bond donors (Lipinski definition) is 1. The lowest BCUT2D eigenvalue weighted by Crippen LogP contribution is -2.47. The second-order valence-corrected chi connectivity index (χ2v) is 5.89. The number of piperidine rings is 1. The number of pyridine rings is 1. The van der Waals surface area contributed by atoms with E-state index in [-0.39, 0.29) is 0 Å². The summed E-state index contributed by atoms with van der Waals surface area (Å²) in [5.41, 5.74) is 8.55. The molecule has 20 heavy (non-hydrogen) atoms. The van der Waals surface area contributed by atoms with Gasteiger partial charge in [0.1, 0.15) is 5.82 Å². The Hall–Kier alpha value is -1.61. The van der Waals surface area contributed by atoms with E-state index in [1.165, 1.54) is 10.9 Å². The molecule has 1 aromatic carbocycles. The highest BCUT2D eigenvalue weighted by Crippen LogP contribution is 2.27. The molecule has 2 heterocycles. The first kappa shape index (κ1) is 13.4. The zero-order chi connectivity index (χ0) is 14.1. The van der Waals surface area contributed by atoms with Gasteiger partial charge in [0.15, 0.2) is 0 Å². The molecule has 1 aliphatic rings. The van der Waals surface area contributed by atoms with Crippen LogP contribution in [0.15, 0.2) is 30.3 Å². The molecule has 3 rings (SSSR count). The van der Waals surface area contributed by atoms with Gasteiger partial charge in [0, 0.05) is 24.5 Å². The van der Waals surface area contributed by atoms with Crippen molar-refractivity contribution < 1.29 is 0 Å². The number of fused-ring (bicyclic) bond motifs is 1. The summed E-state index contributed by atoms with van der Waals surface area (Å²) < 4.78 is 0. The van der Waals surface area contributed by atoms with Crippen LogP contribution in [0, 0.1) is 12.8 Å². The molecule has 2 atom stereocenters. The molecule has 1 aliphatic heterocycles. The first-order valence-corrected chi connectivity index (χ1v) is 7.56. The monoisotopic (exact) mass is 269 g/mol. The summed E-state index contributed by atoms with van der Waals surface area (Å²) in [6, 6.07) is 10.9. The molecule has 1 saturated heterocycles. The van der Waals surface area contributed by atoms with Gasteiger partial charge < -0.3 is 10.6 Å². The summed E-state index contributed by atoms with van der Waals surface area (Å²) in [5, 5.41) is 1.22. The average molecular weight is 269 g/mol. The lowest BCUT2D eigenvalue weighted by molar-refractivity contribution is 0.346. The minimum Gasteiger partial charge on any atom is -0.356 e. The van der Waals surface area contributed by atoms with Gasteiger partial charge in [0.2, 0.25) is 0 Å². The van der Waals surface area contributed by atoms with E-state index in [2.05, 4.69) is 49.1 Å². The minimum absolute atomic E-state index is 0.344. The number of benzene rings is 1. The zero-order valence-corrected chi connectivity index (χ0v) is 12.3. The van der Waals surface area contributed by atoms with E-state index in [0.717, 1.165) is 37.3 Å². The van der Waals surface area contributed by atoms with Crippen molar-refractivity contribution in [1.82, 2.24) is 4.98 Å². The maximum atomic E-state index is 6.21. The highest BCUT2D eigenvalue weighted by Gasteiger charge is 2.26. The second kappa shape index (κ2) is 5.41. The Kier molecular flexibility index (Phi) is 3.62. The maximum absolute atomic E-state index is 6.21. The van der Waals surface area contributed by atoms with E-state index in [1.807, 2.05) is 0 Å². The summed E-state index contributed by atoms with van der Waals surface area (Å²) in [4.78, 5) is 7.29. The van der Waals surface area contributed by atoms with Gasteiger partial charge >= 0.3 is 0 Å². The van der Waals surface area contributed by atoms with E-state index in [9.17, 15) is 0 Å². The van der Waals surface area contributed by atoms with Crippen molar-refractivity contribution in [3.63, 3.8) is 0 Å². The predicted octanol–water partition coefficient (Wildman–Crippen LogP) is 3.11. The zero-order valence-electron chi connectivity index (χ0n) is 12.3. The third kappa shape index (κ3) is 2.38. The van der Waals surface area contributed by atoms with Gasteiger partial charge in [0.05, 0.1) is 5.52 Å². The highest BCUT2D eigenvalue weighted by molar-refractivity contribution is 5.81. The molecule has 0 amide bonds. The quantitative estimate of drug-likeness (QED) is 0.911. The highest BCUT2D eigenvalue weighted by atomic mass is 15.2. The summed E-state index contributed by atoms with van der Waals surface area (Å²) in [6.07, 6.45) is 2.21. The molecule has 1 aromatic heterocycles. The summed E-state index contributed by atoms with van der Waals surface area (Å²) in [5.74, 6) is 1.71. The molecule has 3 heteroatoms. The van der Waals surface area contributed by atoms with E-state index in [0.29, 0.717) is 12.0 Å². The smallest absolute Gasteiger partial charge is 0.132 e. The number of nitrogens with zero attached hydrogens (tertiary/aromatic N) is 2. The van der Waals surface area contributed by atoms with Crippen LogP contribution >= 0.6 is 0 Å². The van der Waals surface area contributed by atoms with Crippen molar-refractivity contribution in [2.24, 2.45) is 11.7 Å². The third-order valence-corrected chi connectivity index (χ3v) is 4.50. The van der Waals surface area contributed by atoms with Crippen LogP contribution in [-0.4, -0.2) is 24.1 Å². The molecule has 2 unspecified atom stereocenters. The van der Waals surface area contributed by atoms with E-state index in [1.54, 1.807) is 0 Å². The largest absolute Gasteiger partial charge is 0.356 e. The molecular formula is C17H23N3. The number of nitrogens with two attached hydrogens (primary N) is 1. The van der Waals surface area contributed by atoms with Crippen molar-refractivity contribution in [2.75, 3.05) is 18.0 Å². The van der Waals surface area contributed by atoms with Crippen molar-refractivity contribution in [1.29, 1.82) is 0 Å². The number of anilines is 1. The van der Waals surface area contributed by atoms with Crippen molar-refractivity contribution in [3.05, 3.63) is 35.9 Å². The molecule has 106 valence electrons. The topological polar surface area (TPSA) is 42.2 Å². The molecular weight excluding hydrogens is 246 g/mol. The van der Waals surface area contributed by atoms with Gasteiger partial charge in [0.25, 0.3) is 0 Å². The molecule has 0 spiro atoms. The van der Waals surface area contributed by atoms with Gasteiger partial charge in [-0.2, -0.15) is 0 Å². The van der Waals surface area contributed by atoms with Crippen LogP contribution in [0.1, 0.15) is 25.3 Å². The number of hydrogen-bond acceptors (Lipinski definition) is 3. The SMILES string of the molecule is CCC1CN(c2nc3ccccc3cc2C)CCC1N. The average Bonchev–Trinajstić information content (AvgIpc) is 2.47. The van der Waals surface area contributed by atoms with E-state index >= 15 is 0 Å². The Morgan fingerprint density at radius 3 is 2.95 bits per heavy atom. The molecule has 0 bridgehead atoms. The van der Waals surface area contributed by atoms with Crippen molar-refractivity contribution >= 4 is 16.7 Å². The summed E-state index contributed by atoms with van der Waals surface area (Å²) >= 11 is 0. The Morgan fingerprint density at radius 2 is 2.15 bits per heavy atom. The Labute approximate surface area is 120 Å². The first-order chi connectivity index (χ1) is 9.69. The van der Waals surface area contributed by atoms with Crippen LogP contribution in [0.3, 0.4) is 0 Å². The lowest BCUT2D eigenvalue weighted by Gasteiger charge is -2.38. The van der Waals surface area contributed by atoms with Crippen LogP contribution in [0.2, 0.25) is 0 Å². The van der Waals surface area contributed by atoms with E-state index in [4.69, 9.17) is 10.7 Å². The maximum Gasteiger partial charge on any atom is 0.132 e. The van der Waals surface area contributed by atoms with Crippen LogP contribution in [0.4, 0.5) is 5.82 Å². The Bertz CT molecular complexity index is 608. The third-order valence-electron chi connectivity index (χ3n) is 4.50. The number of rotatable bonds is 2. The summed E-state index contributed by atoms with van der Waals surface area (Å²) in [6.45, 7) is 6.44. The normalized spacial score (nSPS) is 23.2. The number of para-hydroxylation sites is 1. The van der Waals surface area contributed by atoms with Crippen LogP contribution in [0.5, 0.6) is 0 Å². The van der Waals surface area contributed by atoms with Crippen LogP contribution in [0.25, 0.3) is 10.9 Å². The van der Waals surface area contributed by atoms with Gasteiger partial charge in [-0.3, -0.25) is 0 Å². The van der Waals surface area contributed by atoms with Gasteiger partial charge in [-0.15, -0.1) is 0 Å². The summed E-state index contributed by atoms with van der Waals surface area (Å²) in [7, 11) is 0. The van der Waals surface area contributed by atoms with Crippen molar-refractivity contribution in [2.45, 2.75) is 32.7 Å². The van der Waals surface area contributed by atoms with Gasteiger partial charge in [-0.05, 0) is 37.0 Å². The molecule has 0 aliphatic carbocycles. The minimum atomic E-state index is 0.344. The Balaban J connectivity index is 1.95. The van der Waals surface area contributed by atoms with Gasteiger partial charge in [-0.25, -0.2) is 4.98 Å². The standard InChI is InChI=1S/C17H23N3/c1-3-13-11-20(9-8-15(13)18)17-12(2)10-14-6-4-5-7-16(14)19-17/h4-7,10,13,15H,3,8-9,11,18H2,1-2H3. The number of aromatic nitrogens is 1. The van der Waals surface area contributed by atoms with Crippen molar-refractivity contribution in [3.8, 4) is 0 Å². The fourth-order valence-electron chi connectivity index (χ4n) is 3.21.